The zero-order valence-electron chi connectivity index (χ0n) is 13.6. The Morgan fingerprint density at radius 3 is 2.62 bits per heavy atom. The minimum atomic E-state index is 0.0196. The summed E-state index contributed by atoms with van der Waals surface area (Å²) in [5.41, 5.74) is 1.47. The third-order valence-corrected chi connectivity index (χ3v) is 8.23. The fourth-order valence-electron chi connectivity index (χ4n) is 6.85. The largest absolute Gasteiger partial charge is 0.310 e. The maximum absolute atomic E-state index is 12.4. The van der Waals surface area contributed by atoms with Gasteiger partial charge in [0.2, 0.25) is 0 Å². The lowest BCUT2D eigenvalue weighted by Crippen LogP contribution is -2.53. The van der Waals surface area contributed by atoms with Crippen LogP contribution in [0.5, 0.6) is 0 Å². The number of carbonyl (C=O) groups excluding carboxylic acids is 1. The highest BCUT2D eigenvalue weighted by Crippen LogP contribution is 2.65. The topological polar surface area (TPSA) is 40.9 Å². The second-order valence-electron chi connectivity index (χ2n) is 8.88. The van der Waals surface area contributed by atoms with Crippen LogP contribution in [0.2, 0.25) is 0 Å². The van der Waals surface area contributed by atoms with Gasteiger partial charge in [0.15, 0.2) is 0 Å². The van der Waals surface area contributed by atoms with Gasteiger partial charge in [0.25, 0.3) is 0 Å². The van der Waals surface area contributed by atoms with Crippen molar-refractivity contribution in [3.8, 4) is 0 Å². The quantitative estimate of drug-likeness (QED) is 0.694. The molecule has 0 aliphatic heterocycles. The number of rotatable bonds is 0. The highest BCUT2D eigenvalue weighted by atomic mass is 16.1. The van der Waals surface area contributed by atoms with E-state index in [0.717, 1.165) is 55.6 Å². The Bertz CT molecular complexity index is 498. The molecular weight excluding hydrogens is 258 g/mol. The summed E-state index contributed by atoms with van der Waals surface area (Å²) in [5.74, 6) is 3.60. The molecule has 2 nitrogen and oxygen atoms in total. The van der Waals surface area contributed by atoms with E-state index < -0.39 is 0 Å². The first-order valence-electron chi connectivity index (χ1n) is 9.05. The monoisotopic (exact) mass is 287 g/mol. The van der Waals surface area contributed by atoms with Crippen LogP contribution in [0.1, 0.15) is 71.6 Å². The summed E-state index contributed by atoms with van der Waals surface area (Å²) in [4.78, 5) is 12.4. The molecule has 116 valence electrons. The Kier molecular flexibility index (Phi) is 2.94. The number of fused-ring (bicyclic) bond motifs is 5. The van der Waals surface area contributed by atoms with Crippen molar-refractivity contribution in [3.63, 3.8) is 0 Å². The van der Waals surface area contributed by atoms with Crippen molar-refractivity contribution in [1.82, 2.24) is 0 Å². The highest BCUT2D eigenvalue weighted by molar-refractivity contribution is 5.87. The second-order valence-corrected chi connectivity index (χ2v) is 8.88. The van der Waals surface area contributed by atoms with E-state index in [1.54, 1.807) is 0 Å². The molecule has 1 N–H and O–H groups in total. The molecule has 4 aliphatic carbocycles. The molecule has 2 heteroatoms. The van der Waals surface area contributed by atoms with E-state index >= 15 is 0 Å². The Morgan fingerprint density at radius 2 is 1.81 bits per heavy atom. The molecule has 4 saturated carbocycles. The summed E-state index contributed by atoms with van der Waals surface area (Å²) in [7, 11) is 0. The summed E-state index contributed by atoms with van der Waals surface area (Å²) < 4.78 is 0. The maximum atomic E-state index is 12.4. The molecule has 0 bridgehead atoms. The lowest BCUT2D eigenvalue weighted by molar-refractivity contribution is -0.136. The number of hydrogen-bond acceptors (Lipinski definition) is 2. The third-order valence-electron chi connectivity index (χ3n) is 8.23. The molecule has 5 unspecified atom stereocenters. The van der Waals surface area contributed by atoms with Crippen LogP contribution < -0.4 is 0 Å². The van der Waals surface area contributed by atoms with Gasteiger partial charge in [-0.3, -0.25) is 4.79 Å². The van der Waals surface area contributed by atoms with Crippen molar-refractivity contribution in [2.45, 2.75) is 71.6 Å². The van der Waals surface area contributed by atoms with E-state index in [2.05, 4.69) is 13.8 Å². The lowest BCUT2D eigenvalue weighted by atomic mass is 9.45. The summed E-state index contributed by atoms with van der Waals surface area (Å²) >= 11 is 0. The molecule has 0 saturated heterocycles. The van der Waals surface area contributed by atoms with Gasteiger partial charge in [0.05, 0.1) is 0 Å². The molecule has 0 aromatic rings. The Hall–Kier alpha value is -0.660. The predicted octanol–water partition coefficient (Wildman–Crippen LogP) is 4.62. The van der Waals surface area contributed by atoms with Gasteiger partial charge in [0, 0.05) is 17.5 Å². The van der Waals surface area contributed by atoms with Gasteiger partial charge in [0.1, 0.15) is 5.78 Å². The maximum Gasteiger partial charge on any atom is 0.139 e. The van der Waals surface area contributed by atoms with Gasteiger partial charge in [-0.05, 0) is 80.5 Å². The van der Waals surface area contributed by atoms with E-state index in [4.69, 9.17) is 5.41 Å². The average molecular weight is 287 g/mol. The van der Waals surface area contributed by atoms with Gasteiger partial charge in [-0.25, -0.2) is 0 Å². The fraction of sp³-hybridized carbons (Fsp3) is 0.895. The fourth-order valence-corrected chi connectivity index (χ4v) is 6.85. The Morgan fingerprint density at radius 1 is 1.00 bits per heavy atom. The Balaban J connectivity index is 1.65. The van der Waals surface area contributed by atoms with Crippen molar-refractivity contribution in [2.75, 3.05) is 0 Å². The zero-order chi connectivity index (χ0) is 14.8. The molecule has 0 spiro atoms. The first kappa shape index (κ1) is 14.0. The molecule has 4 aliphatic rings. The molecule has 0 amide bonds. The molecular formula is C19H29NO. The highest BCUT2D eigenvalue weighted by Gasteiger charge is 2.59. The van der Waals surface area contributed by atoms with Gasteiger partial charge >= 0.3 is 0 Å². The number of ketones is 1. The third kappa shape index (κ3) is 1.77. The molecule has 6 atom stereocenters. The van der Waals surface area contributed by atoms with Gasteiger partial charge in [-0.2, -0.15) is 0 Å². The minimum absolute atomic E-state index is 0.0196. The van der Waals surface area contributed by atoms with Crippen molar-refractivity contribution in [2.24, 2.45) is 34.5 Å². The van der Waals surface area contributed by atoms with E-state index in [-0.39, 0.29) is 5.41 Å². The minimum Gasteiger partial charge on any atom is -0.310 e. The van der Waals surface area contributed by atoms with Crippen LogP contribution >= 0.6 is 0 Å². The normalized spacial score (nSPS) is 53.0. The number of hydrogen-bond donors (Lipinski definition) is 1. The van der Waals surface area contributed by atoms with Crippen LogP contribution in [-0.2, 0) is 4.79 Å². The van der Waals surface area contributed by atoms with E-state index in [1.165, 1.54) is 25.7 Å². The Labute approximate surface area is 128 Å². The smallest absolute Gasteiger partial charge is 0.139 e. The number of Topliss-reactive ketones (excluding diaryl/α,β-unsaturated/α-hetero) is 1. The van der Waals surface area contributed by atoms with Crippen LogP contribution in [0.3, 0.4) is 0 Å². The van der Waals surface area contributed by atoms with E-state index in [1.807, 2.05) is 0 Å². The van der Waals surface area contributed by atoms with Crippen LogP contribution in [0.15, 0.2) is 0 Å². The van der Waals surface area contributed by atoms with Crippen molar-refractivity contribution in [3.05, 3.63) is 0 Å². The van der Waals surface area contributed by atoms with E-state index in [9.17, 15) is 4.79 Å². The molecule has 21 heavy (non-hydrogen) atoms. The summed E-state index contributed by atoms with van der Waals surface area (Å²) in [6.07, 6.45) is 10.3. The van der Waals surface area contributed by atoms with E-state index in [0.29, 0.717) is 17.1 Å². The predicted molar refractivity (Wildman–Crippen MR) is 84.5 cm³/mol. The first-order chi connectivity index (χ1) is 9.95. The summed E-state index contributed by atoms with van der Waals surface area (Å²) in [6.45, 7) is 4.80. The summed E-state index contributed by atoms with van der Waals surface area (Å²) in [6, 6.07) is 0. The van der Waals surface area contributed by atoms with Crippen LogP contribution in [0.25, 0.3) is 0 Å². The molecule has 0 heterocycles. The van der Waals surface area contributed by atoms with Crippen molar-refractivity contribution < 1.29 is 4.79 Å². The average Bonchev–Trinajstić information content (AvgIpc) is 2.76. The zero-order valence-corrected chi connectivity index (χ0v) is 13.6. The summed E-state index contributed by atoms with van der Waals surface area (Å²) in [5, 5.41) is 8.06. The molecule has 0 radical (unpaired) electrons. The SMILES string of the molecule is CC12CCC3C(CCC4CC(=N)CC[C@@]43C)C1CCC2=O. The molecule has 4 fully saturated rings. The van der Waals surface area contributed by atoms with Crippen molar-refractivity contribution >= 4 is 11.5 Å². The van der Waals surface area contributed by atoms with Crippen molar-refractivity contribution in [1.29, 1.82) is 5.41 Å². The number of nitrogens with one attached hydrogen (secondary N) is 1. The standard InChI is InChI=1S/C19H29NO/c1-18-9-7-13(20)11-12(18)3-4-14-15-5-6-17(21)19(15,2)10-8-16(14)18/h12,14-16,20H,3-11H2,1-2H3/t12?,14?,15?,16?,18-,19?/m0/s1. The molecule has 0 aromatic carbocycles. The lowest BCUT2D eigenvalue weighted by Gasteiger charge is -2.59. The number of carbonyl (C=O) groups is 1. The molecule has 0 aromatic heterocycles. The van der Waals surface area contributed by atoms with Crippen LogP contribution in [-0.4, -0.2) is 11.5 Å². The van der Waals surface area contributed by atoms with Gasteiger partial charge < -0.3 is 5.41 Å². The van der Waals surface area contributed by atoms with Gasteiger partial charge in [-0.1, -0.05) is 13.8 Å². The van der Waals surface area contributed by atoms with Crippen LogP contribution in [0.4, 0.5) is 0 Å². The van der Waals surface area contributed by atoms with Gasteiger partial charge in [-0.15, -0.1) is 0 Å². The first-order valence-corrected chi connectivity index (χ1v) is 9.05. The second kappa shape index (κ2) is 4.43. The van der Waals surface area contributed by atoms with Crippen LogP contribution in [0, 0.1) is 39.9 Å². The molecule has 4 rings (SSSR count).